The summed E-state index contributed by atoms with van der Waals surface area (Å²) >= 11 is 0. The standard InChI is InChI=1S/C27H30FN3O6/c28-22-8-7-20(16-21(22)26(34)30-9-12-36-13-10-30)31-11-14-37-24(27(31)35)23(32)25(33)29-19-6-5-17-3-1-2-4-18(17)15-19/h5-8,15-16,23-24,32H,1-4,9-14H2,(H,29,33)/t23-,24-/m1/s1. The Hall–Kier alpha value is -3.34. The van der Waals surface area contributed by atoms with E-state index in [0.29, 0.717) is 37.7 Å². The molecule has 0 saturated carbocycles. The third kappa shape index (κ3) is 5.36. The number of carbonyl (C=O) groups excluding carboxylic acids is 3. The molecule has 3 amide bonds. The molecule has 5 rings (SSSR count). The molecule has 0 radical (unpaired) electrons. The molecule has 0 bridgehead atoms. The number of hydrogen-bond acceptors (Lipinski definition) is 6. The Balaban J connectivity index is 1.29. The quantitative estimate of drug-likeness (QED) is 0.635. The largest absolute Gasteiger partial charge is 0.380 e. The third-order valence-electron chi connectivity index (χ3n) is 7.08. The number of anilines is 2. The Kier molecular flexibility index (Phi) is 7.50. The van der Waals surface area contributed by atoms with Crippen molar-refractivity contribution in [3.05, 3.63) is 58.9 Å². The molecule has 0 aromatic heterocycles. The van der Waals surface area contributed by atoms with E-state index >= 15 is 0 Å². The van der Waals surface area contributed by atoms with Crippen molar-refractivity contribution in [2.45, 2.75) is 37.9 Å². The van der Waals surface area contributed by atoms with E-state index in [9.17, 15) is 23.9 Å². The maximum atomic E-state index is 14.6. The first-order chi connectivity index (χ1) is 17.9. The highest BCUT2D eigenvalue weighted by molar-refractivity contribution is 6.04. The van der Waals surface area contributed by atoms with E-state index in [-0.39, 0.29) is 18.7 Å². The van der Waals surface area contributed by atoms with Gasteiger partial charge in [-0.25, -0.2) is 4.39 Å². The molecule has 2 atom stereocenters. The lowest BCUT2D eigenvalue weighted by atomic mass is 9.91. The predicted octanol–water partition coefficient (Wildman–Crippen LogP) is 1.91. The van der Waals surface area contributed by atoms with E-state index in [1.54, 1.807) is 6.07 Å². The van der Waals surface area contributed by atoms with Crippen molar-refractivity contribution in [2.75, 3.05) is 49.7 Å². The van der Waals surface area contributed by atoms with Crippen LogP contribution in [-0.2, 0) is 31.9 Å². The fourth-order valence-corrected chi connectivity index (χ4v) is 5.04. The molecule has 1 aliphatic carbocycles. The van der Waals surface area contributed by atoms with Crippen molar-refractivity contribution in [3.63, 3.8) is 0 Å². The number of aryl methyl sites for hydroxylation is 2. The average molecular weight is 512 g/mol. The first-order valence-electron chi connectivity index (χ1n) is 12.6. The van der Waals surface area contributed by atoms with Gasteiger partial charge in [0.2, 0.25) is 0 Å². The van der Waals surface area contributed by atoms with Gasteiger partial charge < -0.3 is 29.7 Å². The molecule has 0 unspecified atom stereocenters. The summed E-state index contributed by atoms with van der Waals surface area (Å²) in [5.41, 5.74) is 3.12. The Bertz CT molecular complexity index is 1200. The molecule has 37 heavy (non-hydrogen) atoms. The number of aliphatic hydroxyl groups excluding tert-OH is 1. The van der Waals surface area contributed by atoms with E-state index in [1.807, 2.05) is 12.1 Å². The van der Waals surface area contributed by atoms with E-state index < -0.39 is 35.7 Å². The molecule has 9 nitrogen and oxygen atoms in total. The molecule has 2 aromatic rings. The highest BCUT2D eigenvalue weighted by atomic mass is 19.1. The van der Waals surface area contributed by atoms with Crippen LogP contribution in [0.1, 0.15) is 34.3 Å². The second kappa shape index (κ2) is 11.0. The van der Waals surface area contributed by atoms with Gasteiger partial charge in [0.15, 0.2) is 12.2 Å². The summed E-state index contributed by atoms with van der Waals surface area (Å²) in [6.45, 7) is 1.65. The molecular formula is C27H30FN3O6. The summed E-state index contributed by atoms with van der Waals surface area (Å²) in [6.07, 6.45) is 1.00. The van der Waals surface area contributed by atoms with Gasteiger partial charge in [0.1, 0.15) is 5.82 Å². The fraction of sp³-hybridized carbons (Fsp3) is 0.444. The number of halogens is 1. The molecule has 2 N–H and O–H groups in total. The Morgan fingerprint density at radius 2 is 1.76 bits per heavy atom. The number of aliphatic hydroxyl groups is 1. The number of rotatable bonds is 5. The molecule has 3 aliphatic rings. The number of carbonyl (C=O) groups is 3. The van der Waals surface area contributed by atoms with Gasteiger partial charge in [-0.05, 0) is 67.1 Å². The lowest BCUT2D eigenvalue weighted by Gasteiger charge is -2.34. The normalized spacial score (nSPS) is 20.8. The van der Waals surface area contributed by atoms with Crippen LogP contribution >= 0.6 is 0 Å². The van der Waals surface area contributed by atoms with E-state index in [4.69, 9.17) is 9.47 Å². The molecule has 10 heteroatoms. The molecule has 2 aromatic carbocycles. The number of hydrogen-bond donors (Lipinski definition) is 2. The van der Waals surface area contributed by atoms with E-state index in [2.05, 4.69) is 5.32 Å². The van der Waals surface area contributed by atoms with Gasteiger partial charge in [0.05, 0.1) is 25.4 Å². The van der Waals surface area contributed by atoms with Crippen molar-refractivity contribution >= 4 is 29.1 Å². The molecule has 2 saturated heterocycles. The molecule has 196 valence electrons. The van der Waals surface area contributed by atoms with Crippen molar-refractivity contribution in [3.8, 4) is 0 Å². The van der Waals surface area contributed by atoms with Crippen molar-refractivity contribution in [2.24, 2.45) is 0 Å². The number of benzene rings is 2. The highest BCUT2D eigenvalue weighted by Crippen LogP contribution is 2.26. The van der Waals surface area contributed by atoms with Crippen molar-refractivity contribution in [1.29, 1.82) is 0 Å². The zero-order valence-corrected chi connectivity index (χ0v) is 20.5. The first kappa shape index (κ1) is 25.3. The summed E-state index contributed by atoms with van der Waals surface area (Å²) in [4.78, 5) is 41.7. The van der Waals surface area contributed by atoms with Crippen LogP contribution in [0.4, 0.5) is 15.8 Å². The van der Waals surface area contributed by atoms with Gasteiger partial charge in [0, 0.05) is 31.0 Å². The smallest absolute Gasteiger partial charge is 0.259 e. The van der Waals surface area contributed by atoms with Gasteiger partial charge in [0.25, 0.3) is 17.7 Å². The predicted molar refractivity (Wildman–Crippen MR) is 133 cm³/mol. The topological polar surface area (TPSA) is 108 Å². The lowest BCUT2D eigenvalue weighted by molar-refractivity contribution is -0.150. The molecular weight excluding hydrogens is 481 g/mol. The maximum absolute atomic E-state index is 14.6. The number of ether oxygens (including phenoxy) is 2. The van der Waals surface area contributed by atoms with Crippen LogP contribution in [0.25, 0.3) is 0 Å². The summed E-state index contributed by atoms with van der Waals surface area (Å²) in [7, 11) is 0. The second-order valence-electron chi connectivity index (χ2n) is 9.47. The fourth-order valence-electron chi connectivity index (χ4n) is 5.04. The molecule has 2 aliphatic heterocycles. The van der Waals surface area contributed by atoms with Crippen LogP contribution < -0.4 is 10.2 Å². The molecule has 0 spiro atoms. The Morgan fingerprint density at radius 3 is 2.54 bits per heavy atom. The van der Waals surface area contributed by atoms with Crippen LogP contribution in [0.5, 0.6) is 0 Å². The minimum atomic E-state index is -1.75. The monoisotopic (exact) mass is 511 g/mol. The first-order valence-corrected chi connectivity index (χ1v) is 12.6. The lowest BCUT2D eigenvalue weighted by Crippen LogP contribution is -2.55. The van der Waals surface area contributed by atoms with Gasteiger partial charge in [-0.3, -0.25) is 14.4 Å². The summed E-state index contributed by atoms with van der Waals surface area (Å²) in [5, 5.41) is 13.4. The van der Waals surface area contributed by atoms with Gasteiger partial charge in [-0.1, -0.05) is 6.07 Å². The molecule has 2 heterocycles. The van der Waals surface area contributed by atoms with Crippen LogP contribution in [0, 0.1) is 5.82 Å². The summed E-state index contributed by atoms with van der Waals surface area (Å²) < 4.78 is 25.3. The second-order valence-corrected chi connectivity index (χ2v) is 9.47. The number of fused-ring (bicyclic) bond motifs is 1. The molecule has 2 fully saturated rings. The minimum Gasteiger partial charge on any atom is -0.380 e. The highest BCUT2D eigenvalue weighted by Gasteiger charge is 2.39. The maximum Gasteiger partial charge on any atom is 0.259 e. The Morgan fingerprint density at radius 1 is 1.00 bits per heavy atom. The van der Waals surface area contributed by atoms with Crippen LogP contribution in [0.15, 0.2) is 36.4 Å². The zero-order chi connectivity index (χ0) is 25.9. The minimum absolute atomic E-state index is 0.0592. The average Bonchev–Trinajstić information content (AvgIpc) is 2.93. The van der Waals surface area contributed by atoms with Gasteiger partial charge >= 0.3 is 0 Å². The summed E-state index contributed by atoms with van der Waals surface area (Å²) in [5.74, 6) is -2.57. The van der Waals surface area contributed by atoms with Crippen LogP contribution in [-0.4, -0.2) is 79.4 Å². The number of nitrogens with one attached hydrogen (secondary N) is 1. The zero-order valence-electron chi connectivity index (χ0n) is 20.5. The van der Waals surface area contributed by atoms with Crippen LogP contribution in [0.2, 0.25) is 0 Å². The van der Waals surface area contributed by atoms with Gasteiger partial charge in [-0.2, -0.15) is 0 Å². The number of nitrogens with zero attached hydrogens (tertiary/aromatic N) is 2. The van der Waals surface area contributed by atoms with Crippen LogP contribution in [0.3, 0.4) is 0 Å². The van der Waals surface area contributed by atoms with Crippen molar-refractivity contribution < 1.29 is 33.4 Å². The number of morpholine rings is 2. The van der Waals surface area contributed by atoms with E-state index in [1.165, 1.54) is 33.1 Å². The summed E-state index contributed by atoms with van der Waals surface area (Å²) in [6, 6.07) is 9.53. The van der Waals surface area contributed by atoms with Gasteiger partial charge in [-0.15, -0.1) is 0 Å². The SMILES string of the molecule is O=C(Nc1ccc2c(c1)CCCC2)[C@H](O)[C@H]1OCCN(c2ccc(F)c(C(=O)N3CCOCC3)c2)C1=O. The van der Waals surface area contributed by atoms with Crippen molar-refractivity contribution in [1.82, 2.24) is 4.90 Å². The number of amides is 3. The third-order valence-corrected chi connectivity index (χ3v) is 7.08. The Labute approximate surface area is 214 Å². The van der Waals surface area contributed by atoms with E-state index in [0.717, 1.165) is 31.7 Å².